The van der Waals surface area contributed by atoms with Crippen LogP contribution in [0.15, 0.2) is 6.20 Å². The van der Waals surface area contributed by atoms with Gasteiger partial charge in [0.05, 0.1) is 12.1 Å². The van der Waals surface area contributed by atoms with Crippen molar-refractivity contribution in [1.29, 1.82) is 0 Å². The maximum absolute atomic E-state index is 12.2. The summed E-state index contributed by atoms with van der Waals surface area (Å²) in [7, 11) is 0. The third kappa shape index (κ3) is 3.29. The quantitative estimate of drug-likeness (QED) is 0.862. The lowest BCUT2D eigenvalue weighted by Gasteiger charge is -2.36. The van der Waals surface area contributed by atoms with E-state index in [-0.39, 0.29) is 30.2 Å². The molecule has 1 aromatic rings. The van der Waals surface area contributed by atoms with Crippen molar-refractivity contribution in [3.8, 4) is 0 Å². The number of likely N-dealkylation sites (tertiary alicyclic amines) is 2. The van der Waals surface area contributed by atoms with Gasteiger partial charge in [-0.05, 0) is 32.1 Å². The van der Waals surface area contributed by atoms with E-state index in [1.807, 2.05) is 11.1 Å². The SMILES string of the molecule is NC(=O)C1CC(=O)N(C2CCN(Cc3cnn4c3CCCC4)CC2)C1. The zero-order valence-electron chi connectivity index (χ0n) is 14.7. The second-order valence-corrected chi connectivity index (χ2v) is 7.65. The summed E-state index contributed by atoms with van der Waals surface area (Å²) < 4.78 is 2.17. The molecule has 1 atom stereocenters. The monoisotopic (exact) mass is 345 g/mol. The van der Waals surface area contributed by atoms with Crippen LogP contribution in [0, 0.1) is 5.92 Å². The standard InChI is InChI=1S/C18H27N5O2/c19-18(25)13-9-17(24)22(12-13)15-4-7-21(8-5-15)11-14-10-20-23-6-2-1-3-16(14)23/h10,13,15H,1-9,11-12H2,(H2,19,25). The summed E-state index contributed by atoms with van der Waals surface area (Å²) in [6.45, 7) is 4.49. The summed E-state index contributed by atoms with van der Waals surface area (Å²) in [5.74, 6) is -0.559. The molecule has 2 saturated heterocycles. The van der Waals surface area contributed by atoms with Crippen LogP contribution in [0.2, 0.25) is 0 Å². The molecule has 25 heavy (non-hydrogen) atoms. The molecule has 4 heterocycles. The van der Waals surface area contributed by atoms with Crippen molar-refractivity contribution in [2.24, 2.45) is 11.7 Å². The molecule has 0 radical (unpaired) electrons. The molecule has 0 spiro atoms. The Morgan fingerprint density at radius 3 is 2.76 bits per heavy atom. The molecule has 2 fully saturated rings. The molecule has 0 aliphatic carbocycles. The third-order valence-corrected chi connectivity index (χ3v) is 6.02. The predicted molar refractivity (Wildman–Crippen MR) is 92.5 cm³/mol. The van der Waals surface area contributed by atoms with Gasteiger partial charge in [0.2, 0.25) is 11.8 Å². The average Bonchev–Trinajstić information content (AvgIpc) is 3.20. The van der Waals surface area contributed by atoms with Crippen molar-refractivity contribution >= 4 is 11.8 Å². The van der Waals surface area contributed by atoms with Gasteiger partial charge < -0.3 is 10.6 Å². The molecule has 3 aliphatic rings. The van der Waals surface area contributed by atoms with Gasteiger partial charge in [-0.1, -0.05) is 0 Å². The molecule has 2 N–H and O–H groups in total. The van der Waals surface area contributed by atoms with Gasteiger partial charge in [0.15, 0.2) is 0 Å². The van der Waals surface area contributed by atoms with E-state index in [2.05, 4.69) is 14.7 Å². The van der Waals surface area contributed by atoms with E-state index in [4.69, 9.17) is 5.73 Å². The van der Waals surface area contributed by atoms with Crippen LogP contribution in [0.1, 0.15) is 43.4 Å². The molecule has 1 unspecified atom stereocenters. The van der Waals surface area contributed by atoms with Crippen LogP contribution >= 0.6 is 0 Å². The van der Waals surface area contributed by atoms with E-state index in [0.717, 1.165) is 45.4 Å². The fourth-order valence-corrected chi connectivity index (χ4v) is 4.52. The van der Waals surface area contributed by atoms with Gasteiger partial charge in [-0.15, -0.1) is 0 Å². The van der Waals surface area contributed by atoms with E-state index in [1.54, 1.807) is 0 Å². The summed E-state index contributed by atoms with van der Waals surface area (Å²) in [5, 5.41) is 4.53. The highest BCUT2D eigenvalue weighted by Crippen LogP contribution is 2.27. The Kier molecular flexibility index (Phi) is 4.50. The lowest BCUT2D eigenvalue weighted by molar-refractivity contribution is -0.130. The fourth-order valence-electron chi connectivity index (χ4n) is 4.52. The normalized spacial score (nSPS) is 25.4. The van der Waals surface area contributed by atoms with Crippen LogP contribution in [-0.2, 0) is 29.1 Å². The van der Waals surface area contributed by atoms with Crippen molar-refractivity contribution in [1.82, 2.24) is 19.6 Å². The topological polar surface area (TPSA) is 84.5 Å². The Morgan fingerprint density at radius 2 is 2.04 bits per heavy atom. The Labute approximate surface area is 148 Å². The van der Waals surface area contributed by atoms with Crippen LogP contribution in [0.4, 0.5) is 0 Å². The lowest BCUT2D eigenvalue weighted by atomic mass is 10.0. The summed E-state index contributed by atoms with van der Waals surface area (Å²) in [5.41, 5.74) is 8.15. The number of amides is 2. The number of piperidine rings is 1. The molecule has 0 saturated carbocycles. The Morgan fingerprint density at radius 1 is 1.24 bits per heavy atom. The molecule has 2 amide bonds. The number of aromatic nitrogens is 2. The number of fused-ring (bicyclic) bond motifs is 1. The maximum atomic E-state index is 12.2. The van der Waals surface area contributed by atoms with Crippen LogP contribution in [-0.4, -0.2) is 57.1 Å². The predicted octanol–water partition coefficient (Wildman–Crippen LogP) is 0.518. The van der Waals surface area contributed by atoms with Crippen LogP contribution in [0.25, 0.3) is 0 Å². The molecule has 0 bridgehead atoms. The summed E-state index contributed by atoms with van der Waals surface area (Å²) in [6, 6.07) is 0.258. The summed E-state index contributed by atoms with van der Waals surface area (Å²) in [4.78, 5) is 27.9. The summed E-state index contributed by atoms with van der Waals surface area (Å²) >= 11 is 0. The number of nitrogens with zero attached hydrogens (tertiary/aromatic N) is 4. The van der Waals surface area contributed by atoms with Gasteiger partial charge >= 0.3 is 0 Å². The van der Waals surface area contributed by atoms with Gasteiger partial charge in [-0.25, -0.2) is 0 Å². The average molecular weight is 345 g/mol. The van der Waals surface area contributed by atoms with Gasteiger partial charge in [-0.2, -0.15) is 5.10 Å². The van der Waals surface area contributed by atoms with E-state index >= 15 is 0 Å². The summed E-state index contributed by atoms with van der Waals surface area (Å²) in [6.07, 6.45) is 7.91. The molecule has 3 aliphatic heterocycles. The van der Waals surface area contributed by atoms with Gasteiger partial charge in [0.1, 0.15) is 0 Å². The van der Waals surface area contributed by atoms with Crippen LogP contribution in [0.3, 0.4) is 0 Å². The molecule has 136 valence electrons. The molecular weight excluding hydrogens is 318 g/mol. The third-order valence-electron chi connectivity index (χ3n) is 6.02. The Balaban J connectivity index is 1.32. The van der Waals surface area contributed by atoms with Gasteiger partial charge in [-0.3, -0.25) is 19.2 Å². The minimum Gasteiger partial charge on any atom is -0.369 e. The number of carbonyl (C=O) groups is 2. The highest BCUT2D eigenvalue weighted by atomic mass is 16.2. The molecule has 1 aromatic heterocycles. The number of carbonyl (C=O) groups excluding carboxylic acids is 2. The molecule has 7 nitrogen and oxygen atoms in total. The van der Waals surface area contributed by atoms with Crippen molar-refractivity contribution in [3.05, 3.63) is 17.5 Å². The van der Waals surface area contributed by atoms with E-state index in [0.29, 0.717) is 6.54 Å². The molecule has 0 aromatic carbocycles. The zero-order valence-corrected chi connectivity index (χ0v) is 14.7. The Bertz CT molecular complexity index is 662. The second-order valence-electron chi connectivity index (χ2n) is 7.65. The zero-order chi connectivity index (χ0) is 17.4. The molecule has 7 heteroatoms. The van der Waals surface area contributed by atoms with Gasteiger partial charge in [0, 0.05) is 56.4 Å². The first kappa shape index (κ1) is 16.6. The van der Waals surface area contributed by atoms with Crippen LogP contribution in [0.5, 0.6) is 0 Å². The minimum atomic E-state index is -0.348. The number of rotatable bonds is 4. The van der Waals surface area contributed by atoms with Crippen molar-refractivity contribution in [2.75, 3.05) is 19.6 Å². The number of hydrogen-bond donors (Lipinski definition) is 1. The van der Waals surface area contributed by atoms with Crippen molar-refractivity contribution in [3.63, 3.8) is 0 Å². The highest BCUT2D eigenvalue weighted by molar-refractivity contribution is 5.88. The first-order valence-corrected chi connectivity index (χ1v) is 9.46. The van der Waals surface area contributed by atoms with E-state index in [1.165, 1.54) is 24.1 Å². The van der Waals surface area contributed by atoms with E-state index in [9.17, 15) is 9.59 Å². The van der Waals surface area contributed by atoms with Crippen LogP contribution < -0.4 is 5.73 Å². The Hall–Kier alpha value is -1.89. The first-order chi connectivity index (χ1) is 12.1. The number of nitrogens with two attached hydrogens (primary N) is 1. The number of hydrogen-bond acceptors (Lipinski definition) is 4. The lowest BCUT2D eigenvalue weighted by Crippen LogP contribution is -2.45. The second kappa shape index (κ2) is 6.78. The number of primary amides is 1. The highest BCUT2D eigenvalue weighted by Gasteiger charge is 2.38. The fraction of sp³-hybridized carbons (Fsp3) is 0.722. The maximum Gasteiger partial charge on any atom is 0.223 e. The van der Waals surface area contributed by atoms with E-state index < -0.39 is 0 Å². The minimum absolute atomic E-state index is 0.0907. The van der Waals surface area contributed by atoms with Crippen molar-refractivity contribution < 1.29 is 9.59 Å². The molecular formula is C18H27N5O2. The smallest absolute Gasteiger partial charge is 0.223 e. The number of aryl methyl sites for hydroxylation is 1. The van der Waals surface area contributed by atoms with Gasteiger partial charge in [0.25, 0.3) is 0 Å². The van der Waals surface area contributed by atoms with Crippen molar-refractivity contribution in [2.45, 2.75) is 57.7 Å². The largest absolute Gasteiger partial charge is 0.369 e. The first-order valence-electron chi connectivity index (χ1n) is 9.46. The molecule has 4 rings (SSSR count).